The lowest BCUT2D eigenvalue weighted by Crippen LogP contribution is -2.37. The van der Waals surface area contributed by atoms with E-state index in [9.17, 15) is 0 Å². The third-order valence-corrected chi connectivity index (χ3v) is 3.78. The van der Waals surface area contributed by atoms with Crippen LogP contribution in [-0.4, -0.2) is 24.5 Å². The van der Waals surface area contributed by atoms with Crippen molar-refractivity contribution in [2.75, 3.05) is 13.6 Å². The lowest BCUT2D eigenvalue weighted by molar-refractivity contribution is 0.798. The van der Waals surface area contributed by atoms with Crippen molar-refractivity contribution in [3.8, 4) is 0 Å². The molecule has 1 heterocycles. The van der Waals surface area contributed by atoms with E-state index in [1.54, 1.807) is 18.4 Å². The normalized spacial score (nSPS) is 10.9. The Morgan fingerprint density at radius 3 is 2.62 bits per heavy atom. The maximum Gasteiger partial charge on any atom is 0.191 e. The van der Waals surface area contributed by atoms with Gasteiger partial charge in [0.2, 0.25) is 0 Å². The molecule has 0 unspecified atom stereocenters. The van der Waals surface area contributed by atoms with Gasteiger partial charge in [0.05, 0.1) is 11.6 Å². The average molecular weight is 416 g/mol. The quantitative estimate of drug-likeness (QED) is 0.448. The lowest BCUT2D eigenvalue weighted by atomic mass is 10.1. The van der Waals surface area contributed by atoms with Crippen LogP contribution in [0.25, 0.3) is 0 Å². The zero-order chi connectivity index (χ0) is 14.2. The second-order valence-electron chi connectivity index (χ2n) is 4.43. The largest absolute Gasteiger partial charge is 0.356 e. The number of halogens is 1. The van der Waals surface area contributed by atoms with Crippen molar-refractivity contribution in [1.29, 1.82) is 0 Å². The molecule has 0 bridgehead atoms. The highest BCUT2D eigenvalue weighted by Crippen LogP contribution is 2.10. The van der Waals surface area contributed by atoms with Crippen LogP contribution in [0.15, 0.2) is 41.5 Å². The third-order valence-electron chi connectivity index (χ3n) is 2.87. The van der Waals surface area contributed by atoms with E-state index in [-0.39, 0.29) is 24.0 Å². The number of hydrogen-bond donors (Lipinski definition) is 2. The first-order valence-electron chi connectivity index (χ1n) is 6.67. The SMILES string of the molecule is CN=C(NCCc1ccccc1)NCc1cnc(C)s1.I. The summed E-state index contributed by atoms with van der Waals surface area (Å²) in [6.45, 7) is 3.64. The van der Waals surface area contributed by atoms with Gasteiger partial charge in [0.15, 0.2) is 5.96 Å². The first-order valence-corrected chi connectivity index (χ1v) is 7.49. The summed E-state index contributed by atoms with van der Waals surface area (Å²) in [7, 11) is 1.79. The van der Waals surface area contributed by atoms with E-state index in [2.05, 4.69) is 44.9 Å². The van der Waals surface area contributed by atoms with Gasteiger partial charge < -0.3 is 10.6 Å². The van der Waals surface area contributed by atoms with Crippen molar-refractivity contribution in [1.82, 2.24) is 15.6 Å². The number of benzene rings is 1. The molecule has 2 N–H and O–H groups in total. The van der Waals surface area contributed by atoms with E-state index in [1.165, 1.54) is 10.4 Å². The van der Waals surface area contributed by atoms with E-state index in [4.69, 9.17) is 0 Å². The molecule has 0 radical (unpaired) electrons. The number of hydrogen-bond acceptors (Lipinski definition) is 3. The molecule has 0 amide bonds. The van der Waals surface area contributed by atoms with E-state index < -0.39 is 0 Å². The van der Waals surface area contributed by atoms with Gasteiger partial charge in [-0.25, -0.2) is 4.98 Å². The number of aryl methyl sites for hydroxylation is 1. The second-order valence-corrected chi connectivity index (χ2v) is 5.75. The summed E-state index contributed by atoms with van der Waals surface area (Å²) in [4.78, 5) is 9.68. The first-order chi connectivity index (χ1) is 9.78. The molecule has 6 heteroatoms. The Morgan fingerprint density at radius 1 is 1.24 bits per heavy atom. The summed E-state index contributed by atoms with van der Waals surface area (Å²) in [5.74, 6) is 0.826. The van der Waals surface area contributed by atoms with Gasteiger partial charge in [-0.3, -0.25) is 4.99 Å². The predicted molar refractivity (Wildman–Crippen MR) is 101 cm³/mol. The molecule has 114 valence electrons. The lowest BCUT2D eigenvalue weighted by Gasteiger charge is -2.10. The van der Waals surface area contributed by atoms with Crippen LogP contribution in [0, 0.1) is 6.92 Å². The number of nitrogens with zero attached hydrogens (tertiary/aromatic N) is 2. The number of guanidine groups is 1. The highest BCUT2D eigenvalue weighted by Gasteiger charge is 2.01. The molecule has 0 atom stereocenters. The van der Waals surface area contributed by atoms with Gasteiger partial charge in [0.1, 0.15) is 0 Å². The van der Waals surface area contributed by atoms with Gasteiger partial charge in [0, 0.05) is 24.7 Å². The average Bonchev–Trinajstić information content (AvgIpc) is 2.89. The molecule has 0 spiro atoms. The minimum absolute atomic E-state index is 0. The topological polar surface area (TPSA) is 49.3 Å². The molecule has 21 heavy (non-hydrogen) atoms. The molecule has 0 saturated heterocycles. The van der Waals surface area contributed by atoms with Crippen LogP contribution in [-0.2, 0) is 13.0 Å². The van der Waals surface area contributed by atoms with Gasteiger partial charge in [0.25, 0.3) is 0 Å². The van der Waals surface area contributed by atoms with Gasteiger partial charge in [-0.15, -0.1) is 35.3 Å². The van der Waals surface area contributed by atoms with E-state index in [0.717, 1.165) is 30.5 Å². The Balaban J connectivity index is 0.00000220. The molecule has 1 aromatic carbocycles. The Morgan fingerprint density at radius 2 is 2.00 bits per heavy atom. The minimum atomic E-state index is 0. The number of rotatable bonds is 5. The van der Waals surface area contributed by atoms with Crippen LogP contribution in [0.5, 0.6) is 0 Å². The van der Waals surface area contributed by atoms with Crippen LogP contribution in [0.1, 0.15) is 15.4 Å². The summed E-state index contributed by atoms with van der Waals surface area (Å²) in [6.07, 6.45) is 2.89. The van der Waals surface area contributed by atoms with Gasteiger partial charge >= 0.3 is 0 Å². The molecule has 0 fully saturated rings. The van der Waals surface area contributed by atoms with E-state index in [1.807, 2.05) is 19.2 Å². The molecule has 0 aliphatic carbocycles. The number of thiazole rings is 1. The molecule has 0 saturated carbocycles. The van der Waals surface area contributed by atoms with Crippen molar-refractivity contribution in [3.05, 3.63) is 52.0 Å². The molecular weight excluding hydrogens is 395 g/mol. The fourth-order valence-corrected chi connectivity index (χ4v) is 2.58. The zero-order valence-electron chi connectivity index (χ0n) is 12.3. The van der Waals surface area contributed by atoms with Gasteiger partial charge in [-0.1, -0.05) is 30.3 Å². The van der Waals surface area contributed by atoms with Crippen molar-refractivity contribution >= 4 is 41.3 Å². The Bertz CT molecular complexity index is 554. The molecule has 0 aliphatic heterocycles. The van der Waals surface area contributed by atoms with Crippen molar-refractivity contribution in [2.24, 2.45) is 4.99 Å². The summed E-state index contributed by atoms with van der Waals surface area (Å²) >= 11 is 1.70. The maximum atomic E-state index is 4.24. The van der Waals surface area contributed by atoms with E-state index in [0.29, 0.717) is 0 Å². The predicted octanol–water partition coefficient (Wildman–Crippen LogP) is 2.98. The van der Waals surface area contributed by atoms with Gasteiger partial charge in [-0.2, -0.15) is 0 Å². The number of nitrogens with one attached hydrogen (secondary N) is 2. The van der Waals surface area contributed by atoms with Crippen LogP contribution >= 0.6 is 35.3 Å². The van der Waals surface area contributed by atoms with E-state index >= 15 is 0 Å². The van der Waals surface area contributed by atoms with Crippen LogP contribution in [0.3, 0.4) is 0 Å². The standard InChI is InChI=1S/C15H20N4S.HI/c1-12-18-10-14(20-12)11-19-15(16-2)17-9-8-13-6-4-3-5-7-13;/h3-7,10H,8-9,11H2,1-2H3,(H2,16,17,19);1H. The first kappa shape index (κ1) is 17.9. The fourth-order valence-electron chi connectivity index (χ4n) is 1.85. The van der Waals surface area contributed by atoms with Crippen molar-refractivity contribution < 1.29 is 0 Å². The Labute approximate surface area is 147 Å². The van der Waals surface area contributed by atoms with Crippen LogP contribution < -0.4 is 10.6 Å². The summed E-state index contributed by atoms with van der Waals surface area (Å²) < 4.78 is 0. The zero-order valence-corrected chi connectivity index (χ0v) is 15.4. The summed E-state index contributed by atoms with van der Waals surface area (Å²) in [6, 6.07) is 10.4. The molecular formula is C15H21IN4S. The molecule has 2 aromatic rings. The molecule has 2 rings (SSSR count). The van der Waals surface area contributed by atoms with Crippen LogP contribution in [0.4, 0.5) is 0 Å². The third kappa shape index (κ3) is 6.43. The highest BCUT2D eigenvalue weighted by atomic mass is 127. The number of aliphatic imine (C=N–C) groups is 1. The van der Waals surface area contributed by atoms with Crippen LogP contribution in [0.2, 0.25) is 0 Å². The van der Waals surface area contributed by atoms with Crippen molar-refractivity contribution in [2.45, 2.75) is 19.9 Å². The van der Waals surface area contributed by atoms with Crippen molar-refractivity contribution in [3.63, 3.8) is 0 Å². The molecule has 0 aliphatic rings. The van der Waals surface area contributed by atoms with Gasteiger partial charge in [-0.05, 0) is 18.9 Å². The highest BCUT2D eigenvalue weighted by molar-refractivity contribution is 14.0. The Kier molecular flexibility index (Phi) is 8.29. The Hall–Kier alpha value is -1.15. The number of aromatic nitrogens is 1. The molecule has 4 nitrogen and oxygen atoms in total. The monoisotopic (exact) mass is 416 g/mol. The fraction of sp³-hybridized carbons (Fsp3) is 0.333. The minimum Gasteiger partial charge on any atom is -0.356 e. The molecule has 1 aromatic heterocycles. The second kappa shape index (κ2) is 9.73. The maximum absolute atomic E-state index is 4.24. The summed E-state index contributed by atoms with van der Waals surface area (Å²) in [5, 5.41) is 7.70. The smallest absolute Gasteiger partial charge is 0.191 e. The summed E-state index contributed by atoms with van der Waals surface area (Å²) in [5.41, 5.74) is 1.33.